The first-order valence-electron chi connectivity index (χ1n) is 7.91. The Balaban J connectivity index is 1.98. The SMILES string of the molecule is NC(=S)c1cc2c(nc1N(CCCO)C1CCC1)CCC2. The van der Waals surface area contributed by atoms with E-state index in [1.807, 2.05) is 0 Å². The van der Waals surface area contributed by atoms with E-state index in [-0.39, 0.29) is 6.61 Å². The van der Waals surface area contributed by atoms with Gasteiger partial charge in [0.15, 0.2) is 0 Å². The largest absolute Gasteiger partial charge is 0.396 e. The number of aromatic nitrogens is 1. The Hall–Kier alpha value is -1.20. The molecular weight excluding hydrogens is 282 g/mol. The number of thiocarbonyl (C=S) groups is 1. The van der Waals surface area contributed by atoms with Crippen molar-refractivity contribution < 1.29 is 5.11 Å². The van der Waals surface area contributed by atoms with E-state index in [2.05, 4.69) is 11.0 Å². The zero-order valence-corrected chi connectivity index (χ0v) is 13.2. The van der Waals surface area contributed by atoms with Crippen LogP contribution in [0, 0.1) is 0 Å². The van der Waals surface area contributed by atoms with Gasteiger partial charge in [-0.1, -0.05) is 12.2 Å². The molecule has 0 aromatic carbocycles. The molecule has 4 nitrogen and oxygen atoms in total. The molecule has 5 heteroatoms. The lowest BCUT2D eigenvalue weighted by molar-refractivity contribution is 0.282. The summed E-state index contributed by atoms with van der Waals surface area (Å²) < 4.78 is 0. The van der Waals surface area contributed by atoms with Gasteiger partial charge in [0.2, 0.25) is 0 Å². The summed E-state index contributed by atoms with van der Waals surface area (Å²) in [5.41, 5.74) is 9.37. The van der Waals surface area contributed by atoms with Gasteiger partial charge in [-0.15, -0.1) is 0 Å². The number of hydrogen-bond donors (Lipinski definition) is 2. The number of anilines is 1. The van der Waals surface area contributed by atoms with E-state index in [0.29, 0.717) is 11.0 Å². The van der Waals surface area contributed by atoms with Crippen LogP contribution in [0.2, 0.25) is 0 Å². The smallest absolute Gasteiger partial charge is 0.139 e. The Kier molecular flexibility index (Phi) is 4.40. The van der Waals surface area contributed by atoms with Gasteiger partial charge in [-0.3, -0.25) is 0 Å². The molecule has 0 radical (unpaired) electrons. The molecule has 0 aliphatic heterocycles. The maximum atomic E-state index is 9.17. The number of rotatable bonds is 6. The predicted molar refractivity (Wildman–Crippen MR) is 88.8 cm³/mol. The predicted octanol–water partition coefficient (Wildman–Crippen LogP) is 1.95. The lowest BCUT2D eigenvalue weighted by atomic mass is 9.91. The standard InChI is InChI=1S/C16H23N3OS/c17-15(21)13-10-11-4-1-7-14(11)18-16(13)19(8-3-9-20)12-5-2-6-12/h10,12,20H,1-9H2,(H2,17,21). The van der Waals surface area contributed by atoms with Gasteiger partial charge in [-0.05, 0) is 56.6 Å². The van der Waals surface area contributed by atoms with Crippen molar-refractivity contribution in [2.24, 2.45) is 5.73 Å². The van der Waals surface area contributed by atoms with Gasteiger partial charge in [0.1, 0.15) is 10.8 Å². The van der Waals surface area contributed by atoms with Gasteiger partial charge >= 0.3 is 0 Å². The van der Waals surface area contributed by atoms with Crippen LogP contribution in [0.3, 0.4) is 0 Å². The Labute approximate surface area is 131 Å². The van der Waals surface area contributed by atoms with E-state index in [1.54, 1.807) is 0 Å². The third-order valence-corrected chi connectivity index (χ3v) is 4.86. The minimum Gasteiger partial charge on any atom is -0.396 e. The summed E-state index contributed by atoms with van der Waals surface area (Å²) in [6.07, 6.45) is 7.72. The lowest BCUT2D eigenvalue weighted by Crippen LogP contribution is -2.42. The molecule has 0 bridgehead atoms. The fourth-order valence-corrected chi connectivity index (χ4v) is 3.41. The fraction of sp³-hybridized carbons (Fsp3) is 0.625. The molecule has 1 aromatic rings. The highest BCUT2D eigenvalue weighted by molar-refractivity contribution is 7.80. The van der Waals surface area contributed by atoms with E-state index in [1.165, 1.54) is 36.9 Å². The average molecular weight is 305 g/mol. The zero-order valence-electron chi connectivity index (χ0n) is 12.3. The Morgan fingerprint density at radius 3 is 2.81 bits per heavy atom. The van der Waals surface area contributed by atoms with Gasteiger partial charge in [0.05, 0.1) is 5.56 Å². The molecule has 1 heterocycles. The first kappa shape index (κ1) is 14.7. The summed E-state index contributed by atoms with van der Waals surface area (Å²) in [6, 6.07) is 2.68. The number of nitrogens with zero attached hydrogens (tertiary/aromatic N) is 2. The van der Waals surface area contributed by atoms with Crippen molar-refractivity contribution in [1.82, 2.24) is 4.98 Å². The van der Waals surface area contributed by atoms with Crippen molar-refractivity contribution in [1.29, 1.82) is 0 Å². The summed E-state index contributed by atoms with van der Waals surface area (Å²) in [4.78, 5) is 7.66. The average Bonchev–Trinajstić information content (AvgIpc) is 2.86. The highest BCUT2D eigenvalue weighted by atomic mass is 32.1. The molecule has 0 amide bonds. The van der Waals surface area contributed by atoms with Crippen molar-refractivity contribution in [2.45, 2.75) is 51.0 Å². The van der Waals surface area contributed by atoms with Crippen LogP contribution < -0.4 is 10.6 Å². The van der Waals surface area contributed by atoms with Crippen LogP contribution in [0.4, 0.5) is 5.82 Å². The number of nitrogens with two attached hydrogens (primary N) is 1. The van der Waals surface area contributed by atoms with E-state index < -0.39 is 0 Å². The maximum Gasteiger partial charge on any atom is 0.139 e. The van der Waals surface area contributed by atoms with Crippen LogP contribution in [0.25, 0.3) is 0 Å². The van der Waals surface area contributed by atoms with Crippen molar-refractivity contribution in [3.05, 3.63) is 22.9 Å². The fourth-order valence-electron chi connectivity index (χ4n) is 3.26. The first-order valence-corrected chi connectivity index (χ1v) is 8.31. The molecule has 0 spiro atoms. The Bertz CT molecular complexity index is 543. The van der Waals surface area contributed by atoms with Crippen LogP contribution >= 0.6 is 12.2 Å². The number of aryl methyl sites for hydroxylation is 2. The van der Waals surface area contributed by atoms with Crippen molar-refractivity contribution in [3.63, 3.8) is 0 Å². The van der Waals surface area contributed by atoms with Crippen LogP contribution in [0.5, 0.6) is 0 Å². The Morgan fingerprint density at radius 1 is 1.38 bits per heavy atom. The molecule has 2 aliphatic carbocycles. The number of aliphatic hydroxyl groups is 1. The van der Waals surface area contributed by atoms with Crippen LogP contribution in [-0.2, 0) is 12.8 Å². The summed E-state index contributed by atoms with van der Waals surface area (Å²) in [5.74, 6) is 0.946. The quantitative estimate of drug-likeness (QED) is 0.787. The van der Waals surface area contributed by atoms with Crippen LogP contribution in [0.1, 0.15) is 48.9 Å². The molecule has 114 valence electrons. The van der Waals surface area contributed by atoms with Crippen molar-refractivity contribution in [2.75, 3.05) is 18.1 Å². The molecule has 0 unspecified atom stereocenters. The molecular formula is C16H23N3OS. The van der Waals surface area contributed by atoms with Crippen LogP contribution in [-0.4, -0.2) is 34.3 Å². The van der Waals surface area contributed by atoms with Gasteiger partial charge < -0.3 is 15.7 Å². The topological polar surface area (TPSA) is 62.4 Å². The normalized spacial score (nSPS) is 17.4. The van der Waals surface area contributed by atoms with E-state index in [4.69, 9.17) is 22.9 Å². The second-order valence-corrected chi connectivity index (χ2v) is 6.48. The first-order chi connectivity index (χ1) is 10.2. The third kappa shape index (κ3) is 2.90. The van der Waals surface area contributed by atoms with E-state index in [0.717, 1.165) is 37.2 Å². The van der Waals surface area contributed by atoms with Crippen molar-refractivity contribution >= 4 is 23.0 Å². The zero-order chi connectivity index (χ0) is 14.8. The monoisotopic (exact) mass is 305 g/mol. The number of hydrogen-bond acceptors (Lipinski definition) is 4. The number of aliphatic hydroxyl groups excluding tert-OH is 1. The van der Waals surface area contributed by atoms with Gasteiger partial charge in [0.25, 0.3) is 0 Å². The molecule has 2 aliphatic rings. The molecule has 0 atom stereocenters. The molecule has 21 heavy (non-hydrogen) atoms. The lowest BCUT2D eigenvalue weighted by Gasteiger charge is -2.39. The van der Waals surface area contributed by atoms with Gasteiger partial charge in [-0.25, -0.2) is 4.98 Å². The summed E-state index contributed by atoms with van der Waals surface area (Å²) >= 11 is 5.26. The number of fused-ring (bicyclic) bond motifs is 1. The Morgan fingerprint density at radius 2 is 2.19 bits per heavy atom. The molecule has 3 rings (SSSR count). The van der Waals surface area contributed by atoms with Gasteiger partial charge in [0, 0.05) is 24.9 Å². The van der Waals surface area contributed by atoms with E-state index >= 15 is 0 Å². The molecule has 1 fully saturated rings. The number of pyridine rings is 1. The second kappa shape index (κ2) is 6.28. The second-order valence-electron chi connectivity index (χ2n) is 6.04. The summed E-state index contributed by atoms with van der Waals surface area (Å²) in [6.45, 7) is 1.03. The minimum absolute atomic E-state index is 0.205. The van der Waals surface area contributed by atoms with Crippen molar-refractivity contribution in [3.8, 4) is 0 Å². The molecule has 3 N–H and O–H groups in total. The molecule has 1 aromatic heterocycles. The summed E-state index contributed by atoms with van der Waals surface area (Å²) in [7, 11) is 0. The van der Waals surface area contributed by atoms with Gasteiger partial charge in [-0.2, -0.15) is 0 Å². The third-order valence-electron chi connectivity index (χ3n) is 4.64. The molecule has 1 saturated carbocycles. The maximum absolute atomic E-state index is 9.17. The minimum atomic E-state index is 0.205. The summed E-state index contributed by atoms with van der Waals surface area (Å²) in [5, 5.41) is 9.17. The highest BCUT2D eigenvalue weighted by Gasteiger charge is 2.29. The molecule has 0 saturated heterocycles. The van der Waals surface area contributed by atoms with E-state index in [9.17, 15) is 5.11 Å². The highest BCUT2D eigenvalue weighted by Crippen LogP contribution is 2.33. The van der Waals surface area contributed by atoms with Crippen LogP contribution in [0.15, 0.2) is 6.07 Å².